The smallest absolute Gasteiger partial charge is 0.334 e. The van der Waals surface area contributed by atoms with E-state index in [2.05, 4.69) is 40.6 Å². The van der Waals surface area contributed by atoms with E-state index >= 15 is 0 Å². The lowest BCUT2D eigenvalue weighted by molar-refractivity contribution is 0.0573. The second-order valence-corrected chi connectivity index (χ2v) is 8.43. The van der Waals surface area contributed by atoms with Gasteiger partial charge in [0.2, 0.25) is 0 Å². The van der Waals surface area contributed by atoms with Crippen molar-refractivity contribution in [1.82, 2.24) is 24.8 Å². The first kappa shape index (κ1) is 22.2. The molecular formula is C23H33N5O2. The van der Waals surface area contributed by atoms with Crippen LogP contribution in [-0.4, -0.2) is 62.9 Å². The number of nitrogens with zero attached hydrogens (tertiary/aromatic N) is 4. The molecule has 1 aliphatic heterocycles. The number of nitrogens with one attached hydrogen (secondary N) is 1. The molecule has 1 N–H and O–H groups in total. The van der Waals surface area contributed by atoms with E-state index in [4.69, 9.17) is 0 Å². The van der Waals surface area contributed by atoms with Crippen LogP contribution in [-0.2, 0) is 12.8 Å². The van der Waals surface area contributed by atoms with Gasteiger partial charge in [0.05, 0.1) is 0 Å². The Morgan fingerprint density at radius 2 is 2.07 bits per heavy atom. The molecule has 3 rings (SSSR count). The number of aromatic amines is 1. The van der Waals surface area contributed by atoms with E-state index in [1.165, 1.54) is 0 Å². The summed E-state index contributed by atoms with van der Waals surface area (Å²) in [6.45, 7) is 9.90. The van der Waals surface area contributed by atoms with Crippen LogP contribution in [0.2, 0.25) is 0 Å². The summed E-state index contributed by atoms with van der Waals surface area (Å²) in [5, 5.41) is 0. The lowest BCUT2D eigenvalue weighted by Gasteiger charge is -2.38. The highest BCUT2D eigenvalue weighted by Gasteiger charge is 2.29. The van der Waals surface area contributed by atoms with Crippen LogP contribution >= 0.6 is 0 Å². The molecule has 0 atom stereocenters. The highest BCUT2D eigenvalue weighted by Crippen LogP contribution is 2.19. The SMILES string of the molecule is CCN1CCC(N(CCc2ccccn2)C(=O)c2cc(CC(C)C)[nH]c(=O)n2)CC1. The fourth-order valence-corrected chi connectivity index (χ4v) is 4.09. The third-order valence-corrected chi connectivity index (χ3v) is 5.69. The van der Waals surface area contributed by atoms with Gasteiger partial charge in [-0.05, 0) is 49.9 Å². The van der Waals surface area contributed by atoms with Gasteiger partial charge in [-0.3, -0.25) is 9.78 Å². The van der Waals surface area contributed by atoms with Crippen molar-refractivity contribution in [2.75, 3.05) is 26.2 Å². The van der Waals surface area contributed by atoms with E-state index < -0.39 is 5.69 Å². The van der Waals surface area contributed by atoms with Gasteiger partial charge in [0.15, 0.2) is 0 Å². The normalized spacial score (nSPS) is 15.5. The van der Waals surface area contributed by atoms with Gasteiger partial charge in [0.1, 0.15) is 5.69 Å². The largest absolute Gasteiger partial charge is 0.345 e. The maximum Gasteiger partial charge on any atom is 0.345 e. The van der Waals surface area contributed by atoms with Crippen molar-refractivity contribution in [2.45, 2.75) is 52.5 Å². The van der Waals surface area contributed by atoms with Gasteiger partial charge in [0.25, 0.3) is 5.91 Å². The molecule has 7 heteroatoms. The van der Waals surface area contributed by atoms with Gasteiger partial charge in [0, 0.05) is 49.7 Å². The van der Waals surface area contributed by atoms with Crippen molar-refractivity contribution < 1.29 is 4.79 Å². The number of likely N-dealkylation sites (tertiary alicyclic amines) is 1. The summed E-state index contributed by atoms with van der Waals surface area (Å²) < 4.78 is 0. The molecule has 0 spiro atoms. The Hall–Kier alpha value is -2.54. The number of amides is 1. The number of piperidine rings is 1. The van der Waals surface area contributed by atoms with Gasteiger partial charge in [-0.1, -0.05) is 26.8 Å². The van der Waals surface area contributed by atoms with Crippen LogP contribution in [0, 0.1) is 5.92 Å². The summed E-state index contributed by atoms with van der Waals surface area (Å²) in [5.74, 6) is 0.224. The van der Waals surface area contributed by atoms with Crippen molar-refractivity contribution in [1.29, 1.82) is 0 Å². The second kappa shape index (κ2) is 10.5. The maximum atomic E-state index is 13.5. The molecule has 2 aromatic rings. The minimum Gasteiger partial charge on any atom is -0.334 e. The lowest BCUT2D eigenvalue weighted by Crippen LogP contribution is -2.48. The molecule has 162 valence electrons. The van der Waals surface area contributed by atoms with E-state index in [1.807, 2.05) is 23.1 Å². The summed E-state index contributed by atoms with van der Waals surface area (Å²) in [4.78, 5) is 41.1. The lowest BCUT2D eigenvalue weighted by atomic mass is 10.0. The van der Waals surface area contributed by atoms with Gasteiger partial charge in [-0.15, -0.1) is 0 Å². The minimum atomic E-state index is -0.457. The Bertz CT molecular complexity index is 873. The maximum absolute atomic E-state index is 13.5. The van der Waals surface area contributed by atoms with Gasteiger partial charge >= 0.3 is 5.69 Å². The van der Waals surface area contributed by atoms with Crippen molar-refractivity contribution in [2.24, 2.45) is 5.92 Å². The number of H-pyrrole nitrogens is 1. The van der Waals surface area contributed by atoms with E-state index in [9.17, 15) is 9.59 Å². The molecular weight excluding hydrogens is 378 g/mol. The highest BCUT2D eigenvalue weighted by atomic mass is 16.2. The molecule has 1 amide bonds. The van der Waals surface area contributed by atoms with Crippen LogP contribution in [0.3, 0.4) is 0 Å². The fraction of sp³-hybridized carbons (Fsp3) is 0.565. The molecule has 1 aliphatic rings. The Kier molecular flexibility index (Phi) is 7.74. The Labute approximate surface area is 178 Å². The zero-order valence-electron chi connectivity index (χ0n) is 18.3. The van der Waals surface area contributed by atoms with Crippen molar-refractivity contribution in [3.05, 3.63) is 58.0 Å². The number of carbonyl (C=O) groups excluding carboxylic acids is 1. The molecule has 3 heterocycles. The molecule has 1 fully saturated rings. The van der Waals surface area contributed by atoms with Gasteiger partial charge in [-0.25, -0.2) is 4.79 Å². The highest BCUT2D eigenvalue weighted by molar-refractivity contribution is 5.92. The minimum absolute atomic E-state index is 0.152. The van der Waals surface area contributed by atoms with Gasteiger partial charge in [-0.2, -0.15) is 4.98 Å². The number of hydrogen-bond acceptors (Lipinski definition) is 5. The second-order valence-electron chi connectivity index (χ2n) is 8.43. The number of rotatable bonds is 8. The molecule has 0 aliphatic carbocycles. The van der Waals surface area contributed by atoms with Crippen molar-refractivity contribution >= 4 is 5.91 Å². The predicted octanol–water partition coefficient (Wildman–Crippen LogP) is 2.53. The first-order valence-electron chi connectivity index (χ1n) is 11.0. The molecule has 1 saturated heterocycles. The zero-order chi connectivity index (χ0) is 21.5. The summed E-state index contributed by atoms with van der Waals surface area (Å²) >= 11 is 0. The van der Waals surface area contributed by atoms with E-state index in [1.54, 1.807) is 12.3 Å². The summed E-state index contributed by atoms with van der Waals surface area (Å²) in [6.07, 6.45) is 5.04. The van der Waals surface area contributed by atoms with E-state index in [0.29, 0.717) is 25.3 Å². The quantitative estimate of drug-likeness (QED) is 0.722. The van der Waals surface area contributed by atoms with Crippen LogP contribution in [0.15, 0.2) is 35.3 Å². The summed E-state index contributed by atoms with van der Waals surface area (Å²) in [7, 11) is 0. The molecule has 0 aromatic carbocycles. The van der Waals surface area contributed by atoms with Crippen LogP contribution in [0.25, 0.3) is 0 Å². The Morgan fingerprint density at radius 3 is 2.70 bits per heavy atom. The van der Waals surface area contributed by atoms with Gasteiger partial charge < -0.3 is 14.8 Å². The zero-order valence-corrected chi connectivity index (χ0v) is 18.3. The number of carbonyl (C=O) groups is 1. The topological polar surface area (TPSA) is 82.2 Å². The summed E-state index contributed by atoms with van der Waals surface area (Å²) in [6, 6.07) is 7.74. The van der Waals surface area contributed by atoms with E-state index in [-0.39, 0.29) is 17.6 Å². The average molecular weight is 412 g/mol. The molecule has 0 unspecified atom stereocenters. The number of hydrogen-bond donors (Lipinski definition) is 1. The van der Waals surface area contributed by atoms with Crippen LogP contribution in [0.5, 0.6) is 0 Å². The molecule has 2 aromatic heterocycles. The summed E-state index contributed by atoms with van der Waals surface area (Å²) in [5.41, 5.74) is 1.51. The molecule has 0 saturated carbocycles. The standard InChI is InChI=1S/C23H33N5O2/c1-4-27-12-9-20(10-13-27)28(14-8-18-7-5-6-11-24-18)22(29)21-16-19(15-17(2)3)25-23(30)26-21/h5-7,11,16-17,20H,4,8-10,12-15H2,1-3H3,(H,25,26,30). The predicted molar refractivity (Wildman–Crippen MR) is 118 cm³/mol. The van der Waals surface area contributed by atoms with Crippen LogP contribution in [0.1, 0.15) is 55.5 Å². The van der Waals surface area contributed by atoms with E-state index in [0.717, 1.165) is 43.9 Å². The monoisotopic (exact) mass is 411 g/mol. The number of pyridine rings is 1. The third kappa shape index (κ3) is 5.98. The van der Waals surface area contributed by atoms with Crippen LogP contribution < -0.4 is 5.69 Å². The number of aromatic nitrogens is 3. The molecule has 0 radical (unpaired) electrons. The molecule has 7 nitrogen and oxygen atoms in total. The Morgan fingerprint density at radius 1 is 1.30 bits per heavy atom. The molecule has 0 bridgehead atoms. The van der Waals surface area contributed by atoms with Crippen molar-refractivity contribution in [3.8, 4) is 0 Å². The van der Waals surface area contributed by atoms with Crippen LogP contribution in [0.4, 0.5) is 0 Å². The Balaban J connectivity index is 1.82. The average Bonchev–Trinajstić information content (AvgIpc) is 2.74. The molecule has 30 heavy (non-hydrogen) atoms. The first-order valence-corrected chi connectivity index (χ1v) is 11.0. The van der Waals surface area contributed by atoms with Crippen molar-refractivity contribution in [3.63, 3.8) is 0 Å². The third-order valence-electron chi connectivity index (χ3n) is 5.69. The fourth-order valence-electron chi connectivity index (χ4n) is 4.09. The first-order chi connectivity index (χ1) is 14.5.